The van der Waals surface area contributed by atoms with Gasteiger partial charge in [0.25, 0.3) is 0 Å². The fourth-order valence-corrected chi connectivity index (χ4v) is 0.823. The van der Waals surface area contributed by atoms with E-state index in [1.807, 2.05) is 0 Å². The van der Waals surface area contributed by atoms with E-state index in [-0.39, 0.29) is 12.1 Å². The number of carbonyl (C=O) groups is 2. The molecule has 4 nitrogen and oxygen atoms in total. The number of hydrogen-bond donors (Lipinski definition) is 2. The van der Waals surface area contributed by atoms with Gasteiger partial charge in [0.2, 0.25) is 0 Å². The van der Waals surface area contributed by atoms with Crippen LogP contribution in [0.25, 0.3) is 0 Å². The van der Waals surface area contributed by atoms with Crippen LogP contribution in [0.5, 0.6) is 0 Å². The Hall–Kier alpha value is -1.19. The SMILES string of the molecule is CC[C@@](C)(C(=N)C(C)=O)C(=O)O. The van der Waals surface area contributed by atoms with Crippen LogP contribution in [-0.2, 0) is 9.59 Å². The molecule has 0 amide bonds. The van der Waals surface area contributed by atoms with Crippen molar-refractivity contribution in [1.82, 2.24) is 0 Å². The van der Waals surface area contributed by atoms with Crippen molar-refractivity contribution in [1.29, 1.82) is 5.41 Å². The number of ketones is 1. The summed E-state index contributed by atoms with van der Waals surface area (Å²) in [5, 5.41) is 16.1. The van der Waals surface area contributed by atoms with Gasteiger partial charge in [-0.3, -0.25) is 9.59 Å². The molecule has 2 N–H and O–H groups in total. The first-order valence-corrected chi connectivity index (χ1v) is 3.69. The number of hydrogen-bond acceptors (Lipinski definition) is 3. The van der Waals surface area contributed by atoms with Gasteiger partial charge in [-0.25, -0.2) is 0 Å². The van der Waals surface area contributed by atoms with E-state index in [2.05, 4.69) is 0 Å². The summed E-state index contributed by atoms with van der Waals surface area (Å²) in [4.78, 5) is 21.5. The number of carboxylic acids is 1. The van der Waals surface area contributed by atoms with Gasteiger partial charge in [-0.15, -0.1) is 0 Å². The Morgan fingerprint density at radius 2 is 1.92 bits per heavy atom. The maximum absolute atomic E-state index is 10.8. The Bertz CT molecular complexity index is 234. The number of carbonyl (C=O) groups excluding carboxylic acids is 1. The molecule has 0 aliphatic rings. The fourth-order valence-electron chi connectivity index (χ4n) is 0.823. The highest BCUT2D eigenvalue weighted by molar-refractivity contribution is 6.43. The zero-order chi connectivity index (χ0) is 9.94. The lowest BCUT2D eigenvalue weighted by Gasteiger charge is -2.21. The van der Waals surface area contributed by atoms with E-state index in [0.717, 1.165) is 0 Å². The topological polar surface area (TPSA) is 78.2 Å². The van der Waals surface area contributed by atoms with Crippen LogP contribution in [0.1, 0.15) is 27.2 Å². The van der Waals surface area contributed by atoms with E-state index >= 15 is 0 Å². The van der Waals surface area contributed by atoms with Gasteiger partial charge in [-0.05, 0) is 13.3 Å². The van der Waals surface area contributed by atoms with Crippen LogP contribution in [0.15, 0.2) is 0 Å². The first-order chi connectivity index (χ1) is 5.36. The number of carboxylic acid groups (broad SMARTS) is 1. The van der Waals surface area contributed by atoms with E-state index in [0.29, 0.717) is 0 Å². The monoisotopic (exact) mass is 171 g/mol. The van der Waals surface area contributed by atoms with Crippen molar-refractivity contribution in [3.63, 3.8) is 0 Å². The van der Waals surface area contributed by atoms with E-state index < -0.39 is 17.2 Å². The Labute approximate surface area is 71.1 Å². The van der Waals surface area contributed by atoms with Crippen LogP contribution >= 0.6 is 0 Å². The second kappa shape index (κ2) is 3.47. The lowest BCUT2D eigenvalue weighted by atomic mass is 9.81. The van der Waals surface area contributed by atoms with Gasteiger partial charge in [-0.2, -0.15) is 0 Å². The fraction of sp³-hybridized carbons (Fsp3) is 0.625. The molecule has 0 aliphatic heterocycles. The molecule has 0 spiro atoms. The summed E-state index contributed by atoms with van der Waals surface area (Å²) < 4.78 is 0. The largest absolute Gasteiger partial charge is 0.481 e. The number of Topliss-reactive ketones (excluding diaryl/α,β-unsaturated/α-hetero) is 1. The molecule has 4 heteroatoms. The zero-order valence-corrected chi connectivity index (χ0v) is 7.47. The minimum Gasteiger partial charge on any atom is -0.481 e. The summed E-state index contributed by atoms with van der Waals surface area (Å²) in [6.07, 6.45) is 0.251. The van der Waals surface area contributed by atoms with Gasteiger partial charge >= 0.3 is 5.97 Å². The van der Waals surface area contributed by atoms with Crippen LogP contribution in [0.2, 0.25) is 0 Å². The molecule has 0 unspecified atom stereocenters. The van der Waals surface area contributed by atoms with Crippen molar-refractivity contribution in [2.75, 3.05) is 0 Å². The summed E-state index contributed by atoms with van der Waals surface area (Å²) in [5.41, 5.74) is -1.66. The molecule has 68 valence electrons. The molecule has 0 saturated carbocycles. The predicted molar refractivity (Wildman–Crippen MR) is 44.4 cm³/mol. The Morgan fingerprint density at radius 1 is 1.50 bits per heavy atom. The molecule has 0 aromatic carbocycles. The minimum atomic E-state index is -1.33. The number of aliphatic carboxylic acids is 1. The van der Waals surface area contributed by atoms with E-state index in [4.69, 9.17) is 10.5 Å². The summed E-state index contributed by atoms with van der Waals surface area (Å²) in [5.74, 6) is -1.60. The average molecular weight is 171 g/mol. The second-order valence-corrected chi connectivity index (χ2v) is 2.92. The third-order valence-electron chi connectivity index (χ3n) is 2.08. The molecule has 0 heterocycles. The lowest BCUT2D eigenvalue weighted by molar-refractivity contribution is -0.144. The van der Waals surface area contributed by atoms with Crippen LogP contribution in [0, 0.1) is 10.8 Å². The van der Waals surface area contributed by atoms with Gasteiger partial charge in [-0.1, -0.05) is 6.92 Å². The van der Waals surface area contributed by atoms with Crippen LogP contribution in [0.4, 0.5) is 0 Å². The molecule has 0 rings (SSSR count). The molecule has 0 radical (unpaired) electrons. The predicted octanol–water partition coefficient (Wildman–Crippen LogP) is 1.10. The maximum atomic E-state index is 10.8. The molecule has 0 aromatic rings. The normalized spacial score (nSPS) is 14.9. The van der Waals surface area contributed by atoms with Crippen molar-refractivity contribution in [3.8, 4) is 0 Å². The summed E-state index contributed by atoms with van der Waals surface area (Å²) >= 11 is 0. The molecule has 1 atom stereocenters. The smallest absolute Gasteiger partial charge is 0.315 e. The van der Waals surface area contributed by atoms with Gasteiger partial charge in [0.15, 0.2) is 5.78 Å². The highest BCUT2D eigenvalue weighted by atomic mass is 16.4. The van der Waals surface area contributed by atoms with Crippen LogP contribution in [0.3, 0.4) is 0 Å². The molecule has 0 fully saturated rings. The van der Waals surface area contributed by atoms with Crippen LogP contribution in [-0.4, -0.2) is 22.6 Å². The van der Waals surface area contributed by atoms with Crippen molar-refractivity contribution < 1.29 is 14.7 Å². The van der Waals surface area contributed by atoms with Crippen molar-refractivity contribution in [2.24, 2.45) is 5.41 Å². The van der Waals surface area contributed by atoms with Gasteiger partial charge in [0.05, 0.1) is 5.71 Å². The summed E-state index contributed by atoms with van der Waals surface area (Å²) in [7, 11) is 0. The van der Waals surface area contributed by atoms with E-state index in [1.165, 1.54) is 13.8 Å². The first kappa shape index (κ1) is 10.8. The van der Waals surface area contributed by atoms with Gasteiger partial charge in [0, 0.05) is 6.92 Å². The van der Waals surface area contributed by atoms with Gasteiger partial charge in [0.1, 0.15) is 5.41 Å². The summed E-state index contributed by atoms with van der Waals surface area (Å²) in [6, 6.07) is 0. The first-order valence-electron chi connectivity index (χ1n) is 3.69. The van der Waals surface area contributed by atoms with Crippen LogP contribution < -0.4 is 0 Å². The Kier molecular flexibility index (Phi) is 3.13. The second-order valence-electron chi connectivity index (χ2n) is 2.92. The molecule has 0 aromatic heterocycles. The molecule has 0 aliphatic carbocycles. The molecular weight excluding hydrogens is 158 g/mol. The maximum Gasteiger partial charge on any atom is 0.315 e. The number of rotatable bonds is 4. The Balaban J connectivity index is 4.89. The van der Waals surface area contributed by atoms with E-state index in [9.17, 15) is 9.59 Å². The van der Waals surface area contributed by atoms with Crippen molar-refractivity contribution >= 4 is 17.5 Å². The number of nitrogens with one attached hydrogen (secondary N) is 1. The van der Waals surface area contributed by atoms with Crippen molar-refractivity contribution in [3.05, 3.63) is 0 Å². The standard InChI is InChI=1S/C8H13NO3/c1-4-8(3,7(11)12)6(9)5(2)10/h9H,4H2,1-3H3,(H,11,12)/t8-/m0/s1. The lowest BCUT2D eigenvalue weighted by Crippen LogP contribution is -2.38. The quantitative estimate of drug-likeness (QED) is 0.621. The highest BCUT2D eigenvalue weighted by Crippen LogP contribution is 2.23. The third kappa shape index (κ3) is 1.69. The zero-order valence-electron chi connectivity index (χ0n) is 7.47. The minimum absolute atomic E-state index is 0.251. The summed E-state index contributed by atoms with van der Waals surface area (Å²) in [6.45, 7) is 4.24. The molecular formula is C8H13NO3. The van der Waals surface area contributed by atoms with E-state index in [1.54, 1.807) is 6.92 Å². The van der Waals surface area contributed by atoms with Crippen molar-refractivity contribution in [2.45, 2.75) is 27.2 Å². The molecule has 12 heavy (non-hydrogen) atoms. The average Bonchev–Trinajstić information content (AvgIpc) is 2.01. The van der Waals surface area contributed by atoms with Gasteiger partial charge < -0.3 is 10.5 Å². The molecule has 0 saturated heterocycles. The highest BCUT2D eigenvalue weighted by Gasteiger charge is 2.38. The Morgan fingerprint density at radius 3 is 2.00 bits per heavy atom. The third-order valence-corrected chi connectivity index (χ3v) is 2.08. The molecule has 0 bridgehead atoms.